The first-order chi connectivity index (χ1) is 9.30. The van der Waals surface area contributed by atoms with E-state index in [1.807, 2.05) is 13.8 Å². The topological polar surface area (TPSA) is 49.4 Å². The molecule has 1 aliphatic rings. The number of carbonyl (C=O) groups is 2. The van der Waals surface area contributed by atoms with Crippen LogP contribution in [0.25, 0.3) is 0 Å². The number of nitrogens with zero attached hydrogens (tertiary/aromatic N) is 1. The van der Waals surface area contributed by atoms with E-state index in [1.165, 1.54) is 4.90 Å². The van der Waals surface area contributed by atoms with Gasteiger partial charge in [0, 0.05) is 12.5 Å². The molecule has 1 unspecified atom stereocenters. The molecule has 0 aromatic heterocycles. The minimum absolute atomic E-state index is 0.0430. The zero-order chi connectivity index (χ0) is 15.3. The highest BCUT2D eigenvalue weighted by Crippen LogP contribution is 2.22. The molecule has 0 bridgehead atoms. The number of amides is 2. The minimum atomic E-state index is -4.18. The molecular weight excluding hydrogens is 273 g/mol. The number of alkyl halides is 3. The van der Waals surface area contributed by atoms with Crippen molar-refractivity contribution >= 4 is 11.8 Å². The number of nitrogens with one attached hydrogen (secondary N) is 1. The number of carbonyl (C=O) groups excluding carboxylic acids is 2. The SMILES string of the molecule is CCC(CC)N1C(=O)CC(NCCCC(F)(F)F)C1=O. The third-order valence-corrected chi connectivity index (χ3v) is 3.52. The molecule has 1 fully saturated rings. The molecule has 4 nitrogen and oxygen atoms in total. The van der Waals surface area contributed by atoms with Gasteiger partial charge in [-0.2, -0.15) is 13.2 Å². The standard InChI is InChI=1S/C13H21F3N2O2/c1-3-9(4-2)18-11(19)8-10(12(18)20)17-7-5-6-13(14,15)16/h9-10,17H,3-8H2,1-2H3. The normalized spacial score (nSPS) is 20.3. The van der Waals surface area contributed by atoms with Crippen molar-refractivity contribution in [1.82, 2.24) is 10.2 Å². The van der Waals surface area contributed by atoms with Crippen LogP contribution in [0, 0.1) is 0 Å². The van der Waals surface area contributed by atoms with Crippen LogP contribution in [-0.2, 0) is 9.59 Å². The zero-order valence-electron chi connectivity index (χ0n) is 11.8. The Morgan fingerprint density at radius 1 is 1.30 bits per heavy atom. The average Bonchev–Trinajstić information content (AvgIpc) is 2.63. The summed E-state index contributed by atoms with van der Waals surface area (Å²) in [6.45, 7) is 3.89. The van der Waals surface area contributed by atoms with Gasteiger partial charge in [-0.15, -0.1) is 0 Å². The summed E-state index contributed by atoms with van der Waals surface area (Å²) in [5.41, 5.74) is 0. The van der Waals surface area contributed by atoms with E-state index in [0.29, 0.717) is 12.8 Å². The molecule has 1 saturated heterocycles. The summed E-state index contributed by atoms with van der Waals surface area (Å²) in [7, 11) is 0. The maximum Gasteiger partial charge on any atom is 0.389 e. The zero-order valence-corrected chi connectivity index (χ0v) is 11.8. The Morgan fingerprint density at radius 2 is 1.90 bits per heavy atom. The quantitative estimate of drug-likeness (QED) is 0.578. The van der Waals surface area contributed by atoms with Gasteiger partial charge >= 0.3 is 6.18 Å². The molecule has 116 valence electrons. The third kappa shape index (κ3) is 4.47. The molecule has 1 N–H and O–H groups in total. The molecule has 0 aliphatic carbocycles. The average molecular weight is 294 g/mol. The van der Waals surface area contributed by atoms with E-state index in [2.05, 4.69) is 5.32 Å². The van der Waals surface area contributed by atoms with Crippen molar-refractivity contribution in [2.75, 3.05) is 6.54 Å². The molecule has 0 spiro atoms. The monoisotopic (exact) mass is 294 g/mol. The Kier molecular flexibility index (Phi) is 5.98. The Labute approximate surface area is 116 Å². The van der Waals surface area contributed by atoms with Crippen molar-refractivity contribution in [1.29, 1.82) is 0 Å². The van der Waals surface area contributed by atoms with Gasteiger partial charge in [0.2, 0.25) is 11.8 Å². The highest BCUT2D eigenvalue weighted by Gasteiger charge is 2.41. The Morgan fingerprint density at radius 3 is 2.40 bits per heavy atom. The van der Waals surface area contributed by atoms with E-state index in [1.54, 1.807) is 0 Å². The van der Waals surface area contributed by atoms with Crippen LogP contribution in [0.3, 0.4) is 0 Å². The number of likely N-dealkylation sites (tertiary alicyclic amines) is 1. The highest BCUT2D eigenvalue weighted by atomic mass is 19.4. The number of rotatable bonds is 7. The lowest BCUT2D eigenvalue weighted by Crippen LogP contribution is -2.43. The van der Waals surface area contributed by atoms with Crippen LogP contribution in [0.5, 0.6) is 0 Å². The van der Waals surface area contributed by atoms with Crippen molar-refractivity contribution in [3.05, 3.63) is 0 Å². The van der Waals surface area contributed by atoms with Crippen LogP contribution >= 0.6 is 0 Å². The van der Waals surface area contributed by atoms with Gasteiger partial charge < -0.3 is 5.32 Å². The van der Waals surface area contributed by atoms with Gasteiger partial charge in [0.15, 0.2) is 0 Å². The van der Waals surface area contributed by atoms with E-state index >= 15 is 0 Å². The molecule has 0 saturated carbocycles. The molecule has 20 heavy (non-hydrogen) atoms. The summed E-state index contributed by atoms with van der Waals surface area (Å²) in [5, 5.41) is 2.76. The van der Waals surface area contributed by atoms with Crippen LogP contribution in [0.1, 0.15) is 46.0 Å². The van der Waals surface area contributed by atoms with Gasteiger partial charge in [-0.3, -0.25) is 14.5 Å². The molecule has 1 atom stereocenters. The largest absolute Gasteiger partial charge is 0.389 e. The Balaban J connectivity index is 2.46. The van der Waals surface area contributed by atoms with Crippen molar-refractivity contribution in [2.45, 2.75) is 64.2 Å². The predicted molar refractivity (Wildman–Crippen MR) is 67.9 cm³/mol. The molecule has 0 aromatic rings. The van der Waals surface area contributed by atoms with Crippen LogP contribution in [0.4, 0.5) is 13.2 Å². The number of halogens is 3. The van der Waals surface area contributed by atoms with Gasteiger partial charge in [-0.1, -0.05) is 13.8 Å². The number of imide groups is 1. The van der Waals surface area contributed by atoms with E-state index in [-0.39, 0.29) is 37.2 Å². The van der Waals surface area contributed by atoms with Gasteiger partial charge in [0.25, 0.3) is 0 Å². The van der Waals surface area contributed by atoms with Crippen molar-refractivity contribution in [3.63, 3.8) is 0 Å². The molecular formula is C13H21F3N2O2. The molecule has 7 heteroatoms. The van der Waals surface area contributed by atoms with Crippen molar-refractivity contribution < 1.29 is 22.8 Å². The molecule has 1 aliphatic heterocycles. The van der Waals surface area contributed by atoms with Crippen molar-refractivity contribution in [2.24, 2.45) is 0 Å². The van der Waals surface area contributed by atoms with Crippen LogP contribution in [-0.4, -0.2) is 41.5 Å². The lowest BCUT2D eigenvalue weighted by Gasteiger charge is -2.24. The highest BCUT2D eigenvalue weighted by molar-refractivity contribution is 6.05. The van der Waals surface area contributed by atoms with Crippen LogP contribution in [0.2, 0.25) is 0 Å². The summed E-state index contributed by atoms with van der Waals surface area (Å²) in [5.74, 6) is -0.548. The Bertz CT molecular complexity index is 354. The molecule has 0 radical (unpaired) electrons. The summed E-state index contributed by atoms with van der Waals surface area (Å²) >= 11 is 0. The van der Waals surface area contributed by atoms with Crippen molar-refractivity contribution in [3.8, 4) is 0 Å². The van der Waals surface area contributed by atoms with E-state index in [9.17, 15) is 22.8 Å². The van der Waals surface area contributed by atoms with E-state index < -0.39 is 18.6 Å². The van der Waals surface area contributed by atoms with Gasteiger partial charge in [0.1, 0.15) is 0 Å². The third-order valence-electron chi connectivity index (χ3n) is 3.52. The second kappa shape index (κ2) is 7.06. The fourth-order valence-electron chi connectivity index (χ4n) is 2.41. The molecule has 0 aromatic carbocycles. The van der Waals surface area contributed by atoms with Crippen LogP contribution in [0.15, 0.2) is 0 Å². The summed E-state index contributed by atoms with van der Waals surface area (Å²) < 4.78 is 36.0. The summed E-state index contributed by atoms with van der Waals surface area (Å²) in [6, 6.07) is -0.784. The first-order valence-electron chi connectivity index (χ1n) is 6.96. The van der Waals surface area contributed by atoms with Gasteiger partial charge in [-0.05, 0) is 25.8 Å². The number of hydrogen-bond acceptors (Lipinski definition) is 3. The molecule has 1 heterocycles. The molecule has 2 amide bonds. The lowest BCUT2D eigenvalue weighted by molar-refractivity contribution is -0.141. The summed E-state index contributed by atoms with van der Waals surface area (Å²) in [4.78, 5) is 25.2. The second-order valence-corrected chi connectivity index (χ2v) is 5.00. The Hall–Kier alpha value is -1.11. The first-order valence-corrected chi connectivity index (χ1v) is 6.96. The fraction of sp³-hybridized carbons (Fsp3) is 0.846. The summed E-state index contributed by atoms with van der Waals surface area (Å²) in [6.07, 6.45) is -3.73. The van der Waals surface area contributed by atoms with E-state index in [4.69, 9.17) is 0 Å². The minimum Gasteiger partial charge on any atom is -0.305 e. The maximum absolute atomic E-state index is 12.1. The second-order valence-electron chi connectivity index (χ2n) is 5.00. The molecule has 1 rings (SSSR count). The van der Waals surface area contributed by atoms with Gasteiger partial charge in [0.05, 0.1) is 12.5 Å². The predicted octanol–water partition coefficient (Wildman–Crippen LogP) is 2.23. The van der Waals surface area contributed by atoms with Crippen LogP contribution < -0.4 is 5.32 Å². The smallest absolute Gasteiger partial charge is 0.305 e. The number of hydrogen-bond donors (Lipinski definition) is 1. The maximum atomic E-state index is 12.1. The van der Waals surface area contributed by atoms with E-state index in [0.717, 1.165) is 0 Å². The fourth-order valence-corrected chi connectivity index (χ4v) is 2.41. The lowest BCUT2D eigenvalue weighted by atomic mass is 10.1. The first kappa shape index (κ1) is 16.9. The van der Waals surface area contributed by atoms with Gasteiger partial charge in [-0.25, -0.2) is 0 Å².